The van der Waals surface area contributed by atoms with Crippen LogP contribution in [0.2, 0.25) is 0 Å². The highest BCUT2D eigenvalue weighted by molar-refractivity contribution is 6.06. The Morgan fingerprint density at radius 1 is 0.968 bits per heavy atom. The van der Waals surface area contributed by atoms with E-state index in [2.05, 4.69) is 10.3 Å². The number of likely N-dealkylation sites (tertiary alicyclic amines) is 1. The predicted molar refractivity (Wildman–Crippen MR) is 109 cm³/mol. The van der Waals surface area contributed by atoms with Crippen molar-refractivity contribution in [1.82, 2.24) is 4.90 Å². The van der Waals surface area contributed by atoms with Crippen molar-refractivity contribution >= 4 is 23.2 Å². The molecule has 2 aliphatic heterocycles. The first kappa shape index (κ1) is 18.2. The molecule has 2 aromatic rings. The van der Waals surface area contributed by atoms with Crippen molar-refractivity contribution in [3.05, 3.63) is 70.3 Å². The molecule has 6 rings (SSSR count). The minimum atomic E-state index is -0.431. The average molecular weight is 417 g/mol. The first-order valence-corrected chi connectivity index (χ1v) is 10.4. The first-order chi connectivity index (χ1) is 15.1. The van der Waals surface area contributed by atoms with E-state index >= 15 is 0 Å². The molecule has 0 spiro atoms. The maximum Gasteiger partial charge on any atom is 0.294 e. The lowest BCUT2D eigenvalue weighted by molar-refractivity contribution is -0.384. The molecule has 0 aromatic heterocycles. The third-order valence-corrected chi connectivity index (χ3v) is 7.26. The molecule has 0 unspecified atom stereocenters. The predicted octanol–water partition coefficient (Wildman–Crippen LogP) is 2.97. The van der Waals surface area contributed by atoms with Crippen molar-refractivity contribution in [2.45, 2.75) is 25.0 Å². The minimum absolute atomic E-state index is 0.0408. The van der Waals surface area contributed by atoms with Crippen LogP contribution in [0.3, 0.4) is 0 Å². The molecule has 2 aromatic carbocycles. The van der Waals surface area contributed by atoms with Crippen LogP contribution >= 0.6 is 0 Å². The monoisotopic (exact) mass is 417 g/mol. The number of anilines is 1. The van der Waals surface area contributed by atoms with Crippen LogP contribution in [0, 0.1) is 33.8 Å². The van der Waals surface area contributed by atoms with Crippen LogP contribution in [0.4, 0.5) is 11.4 Å². The summed E-state index contributed by atoms with van der Waals surface area (Å²) in [6, 6.07) is 15.5. The van der Waals surface area contributed by atoms with E-state index in [0.717, 1.165) is 12.0 Å². The SMILES string of the molecule is O=C1[C@@H]2[C@@H]3C[C@@H]([C@@H]2C(=O)N1Cc1ccccc1)[C@@H]1[C@@H]3N=NN1c1ccccc1[N+](=O)[O-]. The van der Waals surface area contributed by atoms with Gasteiger partial charge in [0.15, 0.2) is 0 Å². The van der Waals surface area contributed by atoms with Gasteiger partial charge in [-0.1, -0.05) is 47.7 Å². The van der Waals surface area contributed by atoms with E-state index in [1.807, 2.05) is 30.3 Å². The smallest absolute Gasteiger partial charge is 0.278 e. The van der Waals surface area contributed by atoms with Crippen LogP contribution in [-0.4, -0.2) is 33.7 Å². The average Bonchev–Trinajstić information content (AvgIpc) is 3.51. The van der Waals surface area contributed by atoms with E-state index in [9.17, 15) is 19.7 Å². The van der Waals surface area contributed by atoms with Crippen molar-refractivity contribution in [2.75, 3.05) is 5.01 Å². The summed E-state index contributed by atoms with van der Waals surface area (Å²) in [5.41, 5.74) is 1.25. The number of benzene rings is 2. The Morgan fingerprint density at radius 2 is 1.65 bits per heavy atom. The minimum Gasteiger partial charge on any atom is -0.278 e. The van der Waals surface area contributed by atoms with E-state index in [4.69, 9.17) is 0 Å². The summed E-state index contributed by atoms with van der Waals surface area (Å²) in [4.78, 5) is 39.0. The molecule has 3 fully saturated rings. The molecule has 9 nitrogen and oxygen atoms in total. The number of carbonyl (C=O) groups excluding carboxylic acids is 2. The number of nitrogens with zero attached hydrogens (tertiary/aromatic N) is 5. The standard InChI is InChI=1S/C22H19N5O4/c28-21-17-13-10-14(18(17)22(29)25(21)11-12-6-2-1-3-7-12)20-19(13)23-24-26(20)15-8-4-5-9-16(15)27(30)31/h1-9,13-14,17-20H,10-11H2/t13-,14-,17+,18-,19+,20+/m0/s1. The van der Waals surface area contributed by atoms with E-state index in [1.165, 1.54) is 11.0 Å². The van der Waals surface area contributed by atoms with Gasteiger partial charge in [0.05, 0.1) is 35.4 Å². The molecule has 2 amide bonds. The fourth-order valence-electron chi connectivity index (χ4n) is 6.09. The number of fused-ring (bicyclic) bond motifs is 8. The van der Waals surface area contributed by atoms with Gasteiger partial charge in [0.2, 0.25) is 11.8 Å². The summed E-state index contributed by atoms with van der Waals surface area (Å²) in [6.07, 6.45) is 0.720. The number of hydrogen-bond acceptors (Lipinski definition) is 7. The quantitative estimate of drug-likeness (QED) is 0.432. The first-order valence-electron chi connectivity index (χ1n) is 10.4. The second-order valence-electron chi connectivity index (χ2n) is 8.64. The Kier molecular flexibility index (Phi) is 3.77. The van der Waals surface area contributed by atoms with Crippen LogP contribution in [0.1, 0.15) is 12.0 Å². The van der Waals surface area contributed by atoms with E-state index in [0.29, 0.717) is 5.69 Å². The molecule has 0 N–H and O–H groups in total. The van der Waals surface area contributed by atoms with Crippen LogP contribution in [0.5, 0.6) is 0 Å². The molecular weight excluding hydrogens is 398 g/mol. The third-order valence-electron chi connectivity index (χ3n) is 7.26. The van der Waals surface area contributed by atoms with Crippen molar-refractivity contribution in [2.24, 2.45) is 34.0 Å². The summed E-state index contributed by atoms with van der Waals surface area (Å²) < 4.78 is 0. The van der Waals surface area contributed by atoms with Gasteiger partial charge in [0.25, 0.3) is 5.69 Å². The Hall–Kier alpha value is -3.62. The highest BCUT2D eigenvalue weighted by Gasteiger charge is 2.70. The summed E-state index contributed by atoms with van der Waals surface area (Å²) in [6.45, 7) is 0.273. The van der Waals surface area contributed by atoms with Gasteiger partial charge < -0.3 is 0 Å². The van der Waals surface area contributed by atoms with Crippen molar-refractivity contribution < 1.29 is 14.5 Å². The molecule has 0 radical (unpaired) electrons. The second-order valence-corrected chi connectivity index (χ2v) is 8.64. The number of nitro groups is 1. The molecule has 2 aliphatic carbocycles. The Bertz CT molecular complexity index is 1140. The highest BCUT2D eigenvalue weighted by Crippen LogP contribution is 2.60. The van der Waals surface area contributed by atoms with Gasteiger partial charge in [-0.25, -0.2) is 5.01 Å². The lowest BCUT2D eigenvalue weighted by Crippen LogP contribution is -2.47. The number of carbonyl (C=O) groups is 2. The van der Waals surface area contributed by atoms with Gasteiger partial charge in [-0.05, 0) is 29.9 Å². The number of amides is 2. The Balaban J connectivity index is 1.32. The van der Waals surface area contributed by atoms with Crippen LogP contribution < -0.4 is 5.01 Å². The second kappa shape index (κ2) is 6.44. The maximum absolute atomic E-state index is 13.3. The summed E-state index contributed by atoms with van der Waals surface area (Å²) >= 11 is 0. The van der Waals surface area contributed by atoms with E-state index < -0.39 is 10.8 Å². The maximum atomic E-state index is 13.3. The molecule has 1 saturated heterocycles. The number of nitro benzene ring substituents is 1. The highest BCUT2D eigenvalue weighted by atomic mass is 16.6. The molecule has 31 heavy (non-hydrogen) atoms. The van der Waals surface area contributed by atoms with Crippen LogP contribution in [0.15, 0.2) is 64.9 Å². The summed E-state index contributed by atoms with van der Waals surface area (Å²) in [5.74, 6) is -1.20. The van der Waals surface area contributed by atoms with Crippen molar-refractivity contribution in [3.63, 3.8) is 0 Å². The molecule has 9 heteroatoms. The molecule has 6 atom stereocenters. The molecule has 2 heterocycles. The summed E-state index contributed by atoms with van der Waals surface area (Å²) in [7, 11) is 0. The van der Waals surface area contributed by atoms with Crippen molar-refractivity contribution in [1.29, 1.82) is 0 Å². The number of hydrogen-bond donors (Lipinski definition) is 0. The largest absolute Gasteiger partial charge is 0.294 e. The Morgan fingerprint density at radius 3 is 2.39 bits per heavy atom. The van der Waals surface area contributed by atoms with E-state index in [1.54, 1.807) is 23.2 Å². The van der Waals surface area contributed by atoms with Crippen molar-refractivity contribution in [3.8, 4) is 0 Å². The van der Waals surface area contributed by atoms with Gasteiger partial charge >= 0.3 is 0 Å². The molecule has 2 bridgehead atoms. The molecular formula is C22H19N5O4. The third kappa shape index (κ3) is 2.43. The molecule has 4 aliphatic rings. The van der Waals surface area contributed by atoms with Gasteiger partial charge in [-0.15, -0.1) is 0 Å². The summed E-state index contributed by atoms with van der Waals surface area (Å²) in [5, 5.41) is 21.8. The number of imide groups is 1. The van der Waals surface area contributed by atoms with Crippen LogP contribution in [0.25, 0.3) is 0 Å². The Labute approximate surface area is 177 Å². The molecule has 156 valence electrons. The lowest BCUT2D eigenvalue weighted by Gasteiger charge is -2.33. The fourth-order valence-corrected chi connectivity index (χ4v) is 6.09. The van der Waals surface area contributed by atoms with Crippen LogP contribution in [-0.2, 0) is 16.1 Å². The van der Waals surface area contributed by atoms with Gasteiger partial charge in [0, 0.05) is 6.07 Å². The zero-order valence-electron chi connectivity index (χ0n) is 16.4. The zero-order valence-corrected chi connectivity index (χ0v) is 16.4. The van der Waals surface area contributed by atoms with Gasteiger partial charge in [-0.3, -0.25) is 24.6 Å². The van der Waals surface area contributed by atoms with E-state index in [-0.39, 0.29) is 53.9 Å². The van der Waals surface area contributed by atoms with Gasteiger partial charge in [-0.2, -0.15) is 5.11 Å². The topological polar surface area (TPSA) is 108 Å². The number of para-hydroxylation sites is 2. The normalized spacial score (nSPS) is 32.6. The zero-order chi connectivity index (χ0) is 21.3. The fraction of sp³-hybridized carbons (Fsp3) is 0.364. The number of rotatable bonds is 4. The molecule has 2 saturated carbocycles. The van der Waals surface area contributed by atoms with Gasteiger partial charge in [0.1, 0.15) is 5.69 Å². The lowest BCUT2D eigenvalue weighted by atomic mass is 9.76.